The predicted molar refractivity (Wildman–Crippen MR) is 126 cm³/mol. The summed E-state index contributed by atoms with van der Waals surface area (Å²) in [6.45, 7) is 4.82. The summed E-state index contributed by atoms with van der Waals surface area (Å²) in [5, 5.41) is 19.5. The molecule has 1 aromatic carbocycles. The van der Waals surface area contributed by atoms with E-state index in [9.17, 15) is 10.1 Å². The van der Waals surface area contributed by atoms with Crippen LogP contribution in [0, 0.1) is 50.7 Å². The zero-order chi connectivity index (χ0) is 23.3. The maximum Gasteiger partial charge on any atom is 0.338 e. The lowest BCUT2D eigenvalue weighted by Gasteiger charge is -2.63. The normalized spacial score (nSPS) is 39.5. The molecule has 0 radical (unpaired) electrons. The number of carbonyl (C=O) groups excluding carboxylic acids is 1. The molecule has 6 atom stereocenters. The van der Waals surface area contributed by atoms with Gasteiger partial charge in [0, 0.05) is 0 Å². The highest BCUT2D eigenvalue weighted by atomic mass is 16.5. The molecule has 33 heavy (non-hydrogen) atoms. The van der Waals surface area contributed by atoms with Gasteiger partial charge in [-0.25, -0.2) is 4.79 Å². The lowest BCUT2D eigenvalue weighted by Crippen LogP contribution is -2.58. The Morgan fingerprint density at radius 2 is 1.73 bits per heavy atom. The van der Waals surface area contributed by atoms with Gasteiger partial charge in [0.1, 0.15) is 6.10 Å². The van der Waals surface area contributed by atoms with Crippen molar-refractivity contribution in [1.82, 2.24) is 0 Å². The van der Waals surface area contributed by atoms with Crippen LogP contribution in [0.25, 0.3) is 0 Å². The molecule has 4 aliphatic carbocycles. The van der Waals surface area contributed by atoms with Crippen molar-refractivity contribution in [3.63, 3.8) is 0 Å². The van der Waals surface area contributed by atoms with Gasteiger partial charge in [0.2, 0.25) is 0 Å². The number of allylic oxidation sites excluding steroid dienone is 1. The Labute approximate surface area is 197 Å². The van der Waals surface area contributed by atoms with E-state index in [2.05, 4.69) is 32.1 Å². The highest BCUT2D eigenvalue weighted by molar-refractivity contribution is 5.89. The number of hydrogen-bond acceptors (Lipinski definition) is 4. The second kappa shape index (κ2) is 8.02. The first kappa shape index (κ1) is 22.2. The molecule has 0 N–H and O–H groups in total. The van der Waals surface area contributed by atoms with Gasteiger partial charge in [0.05, 0.1) is 28.7 Å². The van der Waals surface area contributed by atoms with Crippen LogP contribution in [-0.4, -0.2) is 12.1 Å². The molecule has 0 saturated heterocycles. The average molecular weight is 443 g/mol. The van der Waals surface area contributed by atoms with Gasteiger partial charge >= 0.3 is 5.97 Å². The first-order valence-corrected chi connectivity index (χ1v) is 12.7. The molecule has 0 spiro atoms. The average Bonchev–Trinajstić information content (AvgIpc) is 2.83. The van der Waals surface area contributed by atoms with Crippen LogP contribution < -0.4 is 0 Å². The summed E-state index contributed by atoms with van der Waals surface area (Å²) < 4.78 is 5.87. The number of ether oxygens (including phenoxy) is 1. The molecular formula is C29H34N2O2. The molecule has 0 heterocycles. The summed E-state index contributed by atoms with van der Waals surface area (Å²) in [7, 11) is 0. The van der Waals surface area contributed by atoms with Gasteiger partial charge < -0.3 is 4.74 Å². The van der Waals surface area contributed by atoms with Crippen LogP contribution in [0.2, 0.25) is 0 Å². The van der Waals surface area contributed by atoms with Crippen LogP contribution in [0.1, 0.15) is 94.0 Å². The van der Waals surface area contributed by atoms with E-state index in [0.29, 0.717) is 23.0 Å². The fourth-order valence-corrected chi connectivity index (χ4v) is 8.11. The van der Waals surface area contributed by atoms with Crippen molar-refractivity contribution >= 4 is 5.97 Å². The topological polar surface area (TPSA) is 73.9 Å². The van der Waals surface area contributed by atoms with Crippen molar-refractivity contribution in [1.29, 1.82) is 10.5 Å². The molecule has 4 aliphatic rings. The molecule has 3 saturated carbocycles. The van der Waals surface area contributed by atoms with Crippen molar-refractivity contribution in [2.45, 2.75) is 84.2 Å². The third kappa shape index (κ3) is 3.33. The number of nitriles is 2. The molecule has 0 bridgehead atoms. The Bertz CT molecular complexity index is 1060. The third-order valence-electron chi connectivity index (χ3n) is 10.1. The van der Waals surface area contributed by atoms with Crippen LogP contribution in [-0.2, 0) is 4.74 Å². The smallest absolute Gasteiger partial charge is 0.338 e. The van der Waals surface area contributed by atoms with Crippen LogP contribution in [0.15, 0.2) is 35.9 Å². The number of hydrogen-bond donors (Lipinski definition) is 0. The SMILES string of the molecule is CC12CCC(OC(=O)c3ccc(C#N)cc3)C=C1CCC1C2CCC2(C)CCCCC12C#N. The number of carbonyl (C=O) groups is 1. The van der Waals surface area contributed by atoms with Gasteiger partial charge in [0.15, 0.2) is 0 Å². The highest BCUT2D eigenvalue weighted by Crippen LogP contribution is 2.69. The van der Waals surface area contributed by atoms with E-state index < -0.39 is 0 Å². The summed E-state index contributed by atoms with van der Waals surface area (Å²) in [5.74, 6) is 0.720. The first-order chi connectivity index (χ1) is 15.8. The van der Waals surface area contributed by atoms with E-state index in [0.717, 1.165) is 32.1 Å². The maximum absolute atomic E-state index is 12.7. The Morgan fingerprint density at radius 1 is 0.970 bits per heavy atom. The van der Waals surface area contributed by atoms with Crippen LogP contribution in [0.4, 0.5) is 0 Å². The molecule has 3 fully saturated rings. The summed E-state index contributed by atoms with van der Waals surface area (Å²) in [6.07, 6.45) is 13.1. The second-order valence-electron chi connectivity index (χ2n) is 11.4. The van der Waals surface area contributed by atoms with E-state index in [1.807, 2.05) is 0 Å². The largest absolute Gasteiger partial charge is 0.455 e. The van der Waals surface area contributed by atoms with Crippen molar-refractivity contribution in [2.24, 2.45) is 28.1 Å². The Morgan fingerprint density at radius 3 is 2.45 bits per heavy atom. The number of benzene rings is 1. The highest BCUT2D eigenvalue weighted by Gasteiger charge is 2.63. The zero-order valence-electron chi connectivity index (χ0n) is 19.9. The molecule has 0 aliphatic heterocycles. The monoisotopic (exact) mass is 442 g/mol. The van der Waals surface area contributed by atoms with E-state index >= 15 is 0 Å². The minimum atomic E-state index is -0.322. The van der Waals surface area contributed by atoms with Crippen molar-refractivity contribution in [3.05, 3.63) is 47.0 Å². The van der Waals surface area contributed by atoms with Gasteiger partial charge in [0.25, 0.3) is 0 Å². The van der Waals surface area contributed by atoms with Crippen molar-refractivity contribution in [3.8, 4) is 12.1 Å². The maximum atomic E-state index is 12.7. The first-order valence-electron chi connectivity index (χ1n) is 12.7. The lowest BCUT2D eigenvalue weighted by atomic mass is 9.39. The predicted octanol–water partition coefficient (Wildman–Crippen LogP) is 6.72. The Hall–Kier alpha value is -2.59. The Balaban J connectivity index is 1.36. The van der Waals surface area contributed by atoms with Crippen molar-refractivity contribution in [2.75, 3.05) is 0 Å². The Kier molecular flexibility index (Phi) is 5.40. The van der Waals surface area contributed by atoms with E-state index in [1.54, 1.807) is 24.3 Å². The quantitative estimate of drug-likeness (QED) is 0.376. The minimum Gasteiger partial charge on any atom is -0.455 e. The molecule has 4 heteroatoms. The van der Waals surface area contributed by atoms with Crippen molar-refractivity contribution < 1.29 is 9.53 Å². The van der Waals surface area contributed by atoms with Gasteiger partial charge in [-0.05, 0) is 104 Å². The molecule has 4 nitrogen and oxygen atoms in total. The molecule has 0 aromatic heterocycles. The molecule has 6 unspecified atom stereocenters. The number of esters is 1. The summed E-state index contributed by atoms with van der Waals surface area (Å²) in [6, 6.07) is 11.6. The number of fused-ring (bicyclic) bond motifs is 5. The second-order valence-corrected chi connectivity index (χ2v) is 11.4. The molecule has 1 aromatic rings. The minimum absolute atomic E-state index is 0.114. The number of nitrogens with zero attached hydrogens (tertiary/aromatic N) is 2. The van der Waals surface area contributed by atoms with Crippen LogP contribution >= 0.6 is 0 Å². The van der Waals surface area contributed by atoms with Crippen LogP contribution in [0.3, 0.4) is 0 Å². The third-order valence-corrected chi connectivity index (χ3v) is 10.1. The number of rotatable bonds is 2. The van der Waals surface area contributed by atoms with Gasteiger partial charge in [-0.15, -0.1) is 0 Å². The fourth-order valence-electron chi connectivity index (χ4n) is 8.11. The van der Waals surface area contributed by atoms with Gasteiger partial charge in [-0.3, -0.25) is 0 Å². The van der Waals surface area contributed by atoms with E-state index in [4.69, 9.17) is 10.00 Å². The molecular weight excluding hydrogens is 408 g/mol. The van der Waals surface area contributed by atoms with Gasteiger partial charge in [-0.1, -0.05) is 32.3 Å². The summed E-state index contributed by atoms with van der Waals surface area (Å²) in [5.41, 5.74) is 2.59. The molecule has 172 valence electrons. The summed E-state index contributed by atoms with van der Waals surface area (Å²) in [4.78, 5) is 12.7. The molecule has 0 amide bonds. The molecule has 5 rings (SSSR count). The summed E-state index contributed by atoms with van der Waals surface area (Å²) >= 11 is 0. The zero-order valence-corrected chi connectivity index (χ0v) is 19.9. The van der Waals surface area contributed by atoms with E-state index in [-0.39, 0.29) is 28.3 Å². The van der Waals surface area contributed by atoms with Crippen LogP contribution in [0.5, 0.6) is 0 Å². The van der Waals surface area contributed by atoms with Gasteiger partial charge in [-0.2, -0.15) is 10.5 Å². The van der Waals surface area contributed by atoms with E-state index in [1.165, 1.54) is 37.7 Å². The lowest BCUT2D eigenvalue weighted by molar-refractivity contribution is -0.117. The fraction of sp³-hybridized carbons (Fsp3) is 0.621. The standard InChI is InChI=1S/C29H34N2O2/c1-27-13-3-4-14-29(27,19-31)25-10-9-22-17-23(11-16-28(22,2)24(25)12-15-27)33-26(32)21-7-5-20(18-30)6-8-21/h5-8,17,23-25H,3-4,9-16H2,1-2H3.